The first-order chi connectivity index (χ1) is 18.3. The van der Waals surface area contributed by atoms with Crippen LogP contribution in [0.5, 0.6) is 11.5 Å². The van der Waals surface area contributed by atoms with Crippen LogP contribution in [-0.4, -0.2) is 37.2 Å². The summed E-state index contributed by atoms with van der Waals surface area (Å²) in [5.74, 6) is -0.994. The number of amides is 2. The molecule has 0 heterocycles. The molecule has 12 heteroatoms. The van der Waals surface area contributed by atoms with E-state index < -0.39 is 32.7 Å². The van der Waals surface area contributed by atoms with Gasteiger partial charge in [-0.3, -0.25) is 9.59 Å². The lowest BCUT2D eigenvalue weighted by atomic mass is 10.2. The molecule has 0 aliphatic heterocycles. The van der Waals surface area contributed by atoms with Gasteiger partial charge in [0.1, 0.15) is 16.7 Å². The molecule has 3 aromatic carbocycles. The molecule has 0 saturated carbocycles. The monoisotopic (exact) mass is 612 g/mol. The second-order valence-electron chi connectivity index (χ2n) is 9.04. The minimum absolute atomic E-state index is 0.0127. The van der Waals surface area contributed by atoms with E-state index in [0.29, 0.717) is 18.3 Å². The molecule has 39 heavy (non-hydrogen) atoms. The van der Waals surface area contributed by atoms with Crippen LogP contribution in [0.25, 0.3) is 0 Å². The number of hydrogen-bond acceptors (Lipinski definition) is 6. The highest BCUT2D eigenvalue weighted by atomic mass is 35.5. The number of ether oxygens (including phenoxy) is 1. The number of nitrogens with one attached hydrogen (secondary N) is 2. The molecule has 0 spiro atoms. The summed E-state index contributed by atoms with van der Waals surface area (Å²) in [4.78, 5) is 25.6. The van der Waals surface area contributed by atoms with Gasteiger partial charge in [0, 0.05) is 11.6 Å². The van der Waals surface area contributed by atoms with Gasteiger partial charge >= 0.3 is 0 Å². The van der Waals surface area contributed by atoms with Crippen LogP contribution >= 0.6 is 34.8 Å². The van der Waals surface area contributed by atoms with Crippen molar-refractivity contribution in [3.63, 3.8) is 0 Å². The molecular weight excluding hydrogens is 587 g/mol. The van der Waals surface area contributed by atoms with E-state index in [2.05, 4.69) is 10.6 Å². The van der Waals surface area contributed by atoms with Gasteiger partial charge in [0.15, 0.2) is 9.84 Å². The van der Waals surface area contributed by atoms with Gasteiger partial charge in [0.25, 0.3) is 5.91 Å². The molecule has 8 nitrogen and oxygen atoms in total. The summed E-state index contributed by atoms with van der Waals surface area (Å²) in [5.41, 5.74) is 0.124. The van der Waals surface area contributed by atoms with E-state index in [0.717, 1.165) is 6.07 Å². The molecule has 0 radical (unpaired) electrons. The van der Waals surface area contributed by atoms with Gasteiger partial charge in [-0.05, 0) is 60.9 Å². The smallest absolute Gasteiger partial charge is 0.255 e. The van der Waals surface area contributed by atoms with Gasteiger partial charge in [0.05, 0.1) is 37.9 Å². The minimum Gasteiger partial charge on any atom is -0.506 e. The van der Waals surface area contributed by atoms with Crippen LogP contribution in [0, 0.1) is 5.92 Å². The predicted octanol–water partition coefficient (Wildman–Crippen LogP) is 6.83. The molecule has 1 unspecified atom stereocenters. The Balaban J connectivity index is 1.76. The highest BCUT2D eigenvalue weighted by Gasteiger charge is 2.33. The molecule has 3 aromatic rings. The van der Waals surface area contributed by atoms with Crippen molar-refractivity contribution in [3.05, 3.63) is 75.2 Å². The maximum atomic E-state index is 13.2. The summed E-state index contributed by atoms with van der Waals surface area (Å²) in [6.45, 7) is 6.05. The largest absolute Gasteiger partial charge is 0.506 e. The molecule has 0 fully saturated rings. The summed E-state index contributed by atoms with van der Waals surface area (Å²) in [5, 5.41) is 14.4. The second kappa shape index (κ2) is 12.9. The number of sulfone groups is 1. The van der Waals surface area contributed by atoms with E-state index in [1.165, 1.54) is 36.4 Å². The zero-order valence-electron chi connectivity index (χ0n) is 21.3. The van der Waals surface area contributed by atoms with Gasteiger partial charge in [-0.25, -0.2) is 8.42 Å². The van der Waals surface area contributed by atoms with Crippen LogP contribution < -0.4 is 15.4 Å². The lowest BCUT2D eigenvalue weighted by Gasteiger charge is -2.18. The molecule has 2 amide bonds. The van der Waals surface area contributed by atoms with Crippen molar-refractivity contribution >= 4 is 67.8 Å². The standard InChI is InChI=1S/C27H27Cl3N2O6S/c1-4-25(39(36,37)18-8-6-17(7-9-18)38-14-15(2)3)27(35)31-22-13-24(33)23(12-21(22)30)32-26(34)16-5-10-19(28)20(29)11-16/h5-13,15,25,33H,4,14H2,1-3H3,(H,31,35)(H,32,34). The summed E-state index contributed by atoms with van der Waals surface area (Å²) in [6, 6.07) is 12.5. The van der Waals surface area contributed by atoms with Crippen molar-refractivity contribution in [2.45, 2.75) is 37.3 Å². The van der Waals surface area contributed by atoms with E-state index in [9.17, 15) is 23.1 Å². The number of phenols is 1. The number of hydrogen-bond donors (Lipinski definition) is 3. The third-order valence-corrected chi connectivity index (χ3v) is 8.82. The van der Waals surface area contributed by atoms with Gasteiger partial charge < -0.3 is 20.5 Å². The number of carbonyl (C=O) groups is 2. The average Bonchev–Trinajstić information content (AvgIpc) is 2.87. The quantitative estimate of drug-likeness (QED) is 0.216. The van der Waals surface area contributed by atoms with Crippen LogP contribution in [-0.2, 0) is 14.6 Å². The fourth-order valence-electron chi connectivity index (χ4n) is 3.50. The Morgan fingerprint density at radius 3 is 2.15 bits per heavy atom. The predicted molar refractivity (Wildman–Crippen MR) is 154 cm³/mol. The topological polar surface area (TPSA) is 122 Å². The van der Waals surface area contributed by atoms with E-state index in [-0.39, 0.29) is 43.3 Å². The van der Waals surface area contributed by atoms with Crippen molar-refractivity contribution in [1.82, 2.24) is 0 Å². The lowest BCUT2D eigenvalue weighted by molar-refractivity contribution is -0.115. The fourth-order valence-corrected chi connectivity index (χ4v) is 5.63. The Morgan fingerprint density at radius 1 is 0.897 bits per heavy atom. The van der Waals surface area contributed by atoms with Crippen molar-refractivity contribution in [1.29, 1.82) is 0 Å². The Bertz CT molecular complexity index is 1480. The summed E-state index contributed by atoms with van der Waals surface area (Å²) < 4.78 is 32.1. The third-order valence-electron chi connectivity index (χ3n) is 5.55. The molecule has 208 valence electrons. The number of aromatic hydroxyl groups is 1. The Labute approximate surface area is 242 Å². The molecule has 0 bridgehead atoms. The maximum absolute atomic E-state index is 13.2. The number of phenolic OH excluding ortho intramolecular Hbond substituents is 1. The van der Waals surface area contributed by atoms with E-state index in [1.807, 2.05) is 13.8 Å². The molecule has 3 rings (SSSR count). The maximum Gasteiger partial charge on any atom is 0.255 e. The number of anilines is 2. The normalized spacial score (nSPS) is 12.2. The van der Waals surface area contributed by atoms with Gasteiger partial charge in [-0.1, -0.05) is 55.6 Å². The SMILES string of the molecule is CCC(C(=O)Nc1cc(O)c(NC(=O)c2ccc(Cl)c(Cl)c2)cc1Cl)S(=O)(=O)c1ccc(OCC(C)C)cc1. The van der Waals surface area contributed by atoms with Crippen molar-refractivity contribution in [2.75, 3.05) is 17.2 Å². The Hall–Kier alpha value is -2.98. The summed E-state index contributed by atoms with van der Waals surface area (Å²) in [7, 11) is -4.05. The molecule has 0 aliphatic carbocycles. The molecule has 0 saturated heterocycles. The first kappa shape index (κ1) is 30.6. The van der Waals surface area contributed by atoms with Crippen molar-refractivity contribution < 1.29 is 27.9 Å². The van der Waals surface area contributed by atoms with Crippen LogP contribution in [0.1, 0.15) is 37.6 Å². The molecular formula is C27H27Cl3N2O6S. The number of halogens is 3. The average molecular weight is 614 g/mol. The van der Waals surface area contributed by atoms with E-state index >= 15 is 0 Å². The lowest BCUT2D eigenvalue weighted by Crippen LogP contribution is -2.34. The molecule has 1 atom stereocenters. The number of benzene rings is 3. The Kier molecular flexibility index (Phi) is 10.1. The van der Waals surface area contributed by atoms with Crippen LogP contribution in [0.2, 0.25) is 15.1 Å². The fraction of sp³-hybridized carbons (Fsp3) is 0.259. The van der Waals surface area contributed by atoms with Crippen molar-refractivity contribution in [3.8, 4) is 11.5 Å². The van der Waals surface area contributed by atoms with Crippen LogP contribution in [0.15, 0.2) is 59.5 Å². The number of rotatable bonds is 10. The first-order valence-electron chi connectivity index (χ1n) is 11.9. The van der Waals surface area contributed by atoms with E-state index in [4.69, 9.17) is 39.5 Å². The third kappa shape index (κ3) is 7.57. The van der Waals surface area contributed by atoms with Crippen molar-refractivity contribution in [2.24, 2.45) is 5.92 Å². The highest BCUT2D eigenvalue weighted by molar-refractivity contribution is 7.92. The second-order valence-corrected chi connectivity index (χ2v) is 12.4. The van der Waals surface area contributed by atoms with Crippen LogP contribution in [0.3, 0.4) is 0 Å². The zero-order valence-corrected chi connectivity index (χ0v) is 24.4. The van der Waals surface area contributed by atoms with Gasteiger partial charge in [0.2, 0.25) is 5.91 Å². The van der Waals surface area contributed by atoms with Gasteiger partial charge in [-0.15, -0.1) is 0 Å². The summed E-state index contributed by atoms with van der Waals surface area (Å²) in [6.07, 6.45) is -0.0127. The van der Waals surface area contributed by atoms with Gasteiger partial charge in [-0.2, -0.15) is 0 Å². The number of carbonyl (C=O) groups excluding carboxylic acids is 2. The zero-order chi connectivity index (χ0) is 28.9. The Morgan fingerprint density at radius 2 is 1.56 bits per heavy atom. The molecule has 3 N–H and O–H groups in total. The molecule has 0 aliphatic rings. The van der Waals surface area contributed by atoms with Crippen LogP contribution in [0.4, 0.5) is 11.4 Å². The first-order valence-corrected chi connectivity index (χ1v) is 14.6. The highest BCUT2D eigenvalue weighted by Crippen LogP contribution is 2.35. The summed E-state index contributed by atoms with van der Waals surface area (Å²) >= 11 is 18.1. The minimum atomic E-state index is -4.05. The molecule has 0 aromatic heterocycles. The van der Waals surface area contributed by atoms with E-state index in [1.54, 1.807) is 19.1 Å².